The van der Waals surface area contributed by atoms with Gasteiger partial charge in [-0.3, -0.25) is 0 Å². The number of halogens is 1. The van der Waals surface area contributed by atoms with Crippen molar-refractivity contribution in [3.05, 3.63) is 26.7 Å². The van der Waals surface area contributed by atoms with Gasteiger partial charge in [0.25, 0.3) is 0 Å². The summed E-state index contributed by atoms with van der Waals surface area (Å²) < 4.78 is 0. The lowest BCUT2D eigenvalue weighted by molar-refractivity contribution is 0.934. The molecule has 0 aliphatic rings. The van der Waals surface area contributed by atoms with Crippen molar-refractivity contribution in [2.75, 3.05) is 17.2 Å². The molecule has 0 unspecified atom stereocenters. The second-order valence-electron chi connectivity index (χ2n) is 4.48. The van der Waals surface area contributed by atoms with Gasteiger partial charge in [0.05, 0.1) is 6.54 Å². The number of hydrogen-bond acceptors (Lipinski definition) is 6. The molecule has 0 saturated heterocycles. The van der Waals surface area contributed by atoms with Crippen molar-refractivity contribution >= 4 is 34.8 Å². The van der Waals surface area contributed by atoms with Gasteiger partial charge in [-0.1, -0.05) is 6.92 Å². The summed E-state index contributed by atoms with van der Waals surface area (Å²) in [5.74, 6) is 1.00. The third-order valence-corrected chi connectivity index (χ3v) is 4.10. The van der Waals surface area contributed by atoms with Crippen LogP contribution in [0.25, 0.3) is 0 Å². The summed E-state index contributed by atoms with van der Waals surface area (Å²) in [5, 5.41) is 6.48. The molecule has 7 heteroatoms. The minimum absolute atomic E-state index is 0.194. The minimum atomic E-state index is 0.194. The fourth-order valence-corrected chi connectivity index (χ4v) is 2.80. The SMILES string of the molecule is CCCNc1nc(Cl)nc(NCc2cc(C)c(C)s2)n1. The number of anilines is 2. The van der Waals surface area contributed by atoms with E-state index in [0.717, 1.165) is 13.0 Å². The highest BCUT2D eigenvalue weighted by molar-refractivity contribution is 7.12. The maximum absolute atomic E-state index is 5.90. The molecular formula is C13H18ClN5S. The zero-order valence-corrected chi connectivity index (χ0v) is 13.4. The number of hydrogen-bond donors (Lipinski definition) is 2. The molecule has 20 heavy (non-hydrogen) atoms. The highest BCUT2D eigenvalue weighted by Crippen LogP contribution is 2.21. The van der Waals surface area contributed by atoms with Gasteiger partial charge in [-0.05, 0) is 43.5 Å². The Morgan fingerprint density at radius 1 is 1.15 bits per heavy atom. The van der Waals surface area contributed by atoms with Crippen LogP contribution in [-0.4, -0.2) is 21.5 Å². The fraction of sp³-hybridized carbons (Fsp3) is 0.462. The molecule has 0 aliphatic carbocycles. The van der Waals surface area contributed by atoms with Crippen molar-refractivity contribution in [2.45, 2.75) is 33.7 Å². The molecule has 2 aromatic rings. The van der Waals surface area contributed by atoms with Crippen molar-refractivity contribution in [3.63, 3.8) is 0 Å². The molecule has 108 valence electrons. The molecular weight excluding hydrogens is 294 g/mol. The summed E-state index contributed by atoms with van der Waals surface area (Å²) in [7, 11) is 0. The van der Waals surface area contributed by atoms with Crippen LogP contribution in [0.15, 0.2) is 6.07 Å². The fourth-order valence-electron chi connectivity index (χ4n) is 1.65. The van der Waals surface area contributed by atoms with Gasteiger partial charge in [0.1, 0.15) is 0 Å². The van der Waals surface area contributed by atoms with Crippen LogP contribution >= 0.6 is 22.9 Å². The molecule has 2 aromatic heterocycles. The monoisotopic (exact) mass is 311 g/mol. The Balaban J connectivity index is 2.03. The second-order valence-corrected chi connectivity index (χ2v) is 6.16. The largest absolute Gasteiger partial charge is 0.354 e. The highest BCUT2D eigenvalue weighted by atomic mass is 35.5. The first-order chi connectivity index (χ1) is 9.58. The van der Waals surface area contributed by atoms with E-state index in [0.29, 0.717) is 18.4 Å². The van der Waals surface area contributed by atoms with Gasteiger partial charge in [0.15, 0.2) is 0 Å². The lowest BCUT2D eigenvalue weighted by Crippen LogP contribution is -2.09. The van der Waals surface area contributed by atoms with Gasteiger partial charge in [-0.25, -0.2) is 0 Å². The van der Waals surface area contributed by atoms with Crippen LogP contribution < -0.4 is 10.6 Å². The van der Waals surface area contributed by atoms with Crippen LogP contribution in [0, 0.1) is 13.8 Å². The van der Waals surface area contributed by atoms with Crippen molar-refractivity contribution in [2.24, 2.45) is 0 Å². The smallest absolute Gasteiger partial charge is 0.229 e. The molecule has 2 heterocycles. The molecule has 2 rings (SSSR count). The van der Waals surface area contributed by atoms with E-state index in [4.69, 9.17) is 11.6 Å². The molecule has 0 radical (unpaired) electrons. The number of rotatable bonds is 6. The molecule has 0 aliphatic heterocycles. The first-order valence-electron chi connectivity index (χ1n) is 6.53. The Morgan fingerprint density at radius 2 is 1.85 bits per heavy atom. The number of aryl methyl sites for hydroxylation is 2. The quantitative estimate of drug-likeness (QED) is 0.853. The average Bonchev–Trinajstić information content (AvgIpc) is 2.73. The van der Waals surface area contributed by atoms with E-state index in [-0.39, 0.29) is 5.28 Å². The standard InChI is InChI=1S/C13H18ClN5S/c1-4-5-15-12-17-11(14)18-13(19-12)16-7-10-6-8(2)9(3)20-10/h6H,4-5,7H2,1-3H3,(H2,15,16,17,18,19). The Morgan fingerprint density at radius 3 is 2.45 bits per heavy atom. The van der Waals surface area contributed by atoms with E-state index in [1.54, 1.807) is 11.3 Å². The average molecular weight is 312 g/mol. The van der Waals surface area contributed by atoms with Crippen molar-refractivity contribution < 1.29 is 0 Å². The summed E-state index contributed by atoms with van der Waals surface area (Å²) in [6.45, 7) is 7.81. The Kier molecular flexibility index (Phi) is 5.14. The molecule has 0 amide bonds. The van der Waals surface area contributed by atoms with Gasteiger partial charge in [0, 0.05) is 16.3 Å². The van der Waals surface area contributed by atoms with E-state index in [1.165, 1.54) is 15.3 Å². The van der Waals surface area contributed by atoms with Crippen molar-refractivity contribution in [1.29, 1.82) is 0 Å². The molecule has 0 bridgehead atoms. The molecule has 0 spiro atoms. The lowest BCUT2D eigenvalue weighted by atomic mass is 10.3. The Bertz CT molecular complexity index is 565. The van der Waals surface area contributed by atoms with Gasteiger partial charge >= 0.3 is 0 Å². The zero-order chi connectivity index (χ0) is 14.5. The number of nitrogens with zero attached hydrogens (tertiary/aromatic N) is 3. The van der Waals surface area contributed by atoms with Crippen LogP contribution in [-0.2, 0) is 6.54 Å². The maximum atomic E-state index is 5.90. The molecule has 0 fully saturated rings. The van der Waals surface area contributed by atoms with Crippen LogP contribution in [0.2, 0.25) is 5.28 Å². The van der Waals surface area contributed by atoms with Gasteiger partial charge < -0.3 is 10.6 Å². The van der Waals surface area contributed by atoms with Crippen LogP contribution in [0.1, 0.15) is 28.7 Å². The normalized spacial score (nSPS) is 10.6. The number of nitrogens with one attached hydrogen (secondary N) is 2. The Hall–Kier alpha value is -1.40. The number of aromatic nitrogens is 3. The van der Waals surface area contributed by atoms with Crippen LogP contribution in [0.5, 0.6) is 0 Å². The van der Waals surface area contributed by atoms with E-state index < -0.39 is 0 Å². The maximum Gasteiger partial charge on any atom is 0.229 e. The van der Waals surface area contributed by atoms with Gasteiger partial charge in [0.2, 0.25) is 17.2 Å². The summed E-state index contributed by atoms with van der Waals surface area (Å²) in [6.07, 6.45) is 1.000. The molecule has 5 nitrogen and oxygen atoms in total. The lowest BCUT2D eigenvalue weighted by Gasteiger charge is -2.06. The second kappa shape index (κ2) is 6.85. The molecule has 0 saturated carbocycles. The predicted molar refractivity (Wildman–Crippen MR) is 84.7 cm³/mol. The highest BCUT2D eigenvalue weighted by Gasteiger charge is 2.06. The third-order valence-electron chi connectivity index (χ3n) is 2.78. The summed E-state index contributed by atoms with van der Waals surface area (Å²) in [4.78, 5) is 15.0. The van der Waals surface area contributed by atoms with Gasteiger partial charge in [-0.15, -0.1) is 11.3 Å². The number of thiophene rings is 1. The molecule has 0 atom stereocenters. The minimum Gasteiger partial charge on any atom is -0.354 e. The van der Waals surface area contributed by atoms with E-state index in [1.807, 2.05) is 0 Å². The third kappa shape index (κ3) is 4.05. The summed E-state index contributed by atoms with van der Waals surface area (Å²) in [6, 6.07) is 2.17. The van der Waals surface area contributed by atoms with E-state index in [2.05, 4.69) is 52.4 Å². The van der Waals surface area contributed by atoms with E-state index in [9.17, 15) is 0 Å². The summed E-state index contributed by atoms with van der Waals surface area (Å²) >= 11 is 7.67. The van der Waals surface area contributed by atoms with E-state index >= 15 is 0 Å². The van der Waals surface area contributed by atoms with Crippen molar-refractivity contribution in [3.8, 4) is 0 Å². The zero-order valence-electron chi connectivity index (χ0n) is 11.8. The predicted octanol–water partition coefficient (Wildman–Crippen LogP) is 3.64. The van der Waals surface area contributed by atoms with Crippen molar-refractivity contribution in [1.82, 2.24) is 15.0 Å². The van der Waals surface area contributed by atoms with Gasteiger partial charge in [-0.2, -0.15) is 15.0 Å². The first kappa shape index (κ1) is 15.0. The topological polar surface area (TPSA) is 62.7 Å². The van der Waals surface area contributed by atoms with Crippen LogP contribution in [0.4, 0.5) is 11.9 Å². The molecule has 2 N–H and O–H groups in total. The Labute approximate surface area is 127 Å². The summed E-state index contributed by atoms with van der Waals surface area (Å²) in [5.41, 5.74) is 1.31. The molecule has 0 aromatic carbocycles. The first-order valence-corrected chi connectivity index (χ1v) is 7.73. The van der Waals surface area contributed by atoms with Crippen LogP contribution in [0.3, 0.4) is 0 Å².